The molecule has 0 aliphatic heterocycles. The number of benzene rings is 2. The van der Waals surface area contributed by atoms with Gasteiger partial charge in [-0.25, -0.2) is 0 Å². The summed E-state index contributed by atoms with van der Waals surface area (Å²) in [7, 11) is 0. The van der Waals surface area contributed by atoms with Gasteiger partial charge in [0.05, 0.1) is 0 Å². The van der Waals surface area contributed by atoms with E-state index in [9.17, 15) is 0 Å². The standard InChI is InChI=1S/C16H14Br2ClN/c17-12-4-5-15(18)16(9-12)20-14-7-11(8-14)10-2-1-3-13(19)6-10/h1-6,9,11,14,20H,7-8H2. The number of nitrogens with one attached hydrogen (secondary N) is 1. The summed E-state index contributed by atoms with van der Waals surface area (Å²) in [5, 5.41) is 4.42. The van der Waals surface area contributed by atoms with Crippen molar-refractivity contribution < 1.29 is 0 Å². The molecule has 0 amide bonds. The normalized spacial score (nSPS) is 21.4. The van der Waals surface area contributed by atoms with Gasteiger partial charge in [-0.05, 0) is 70.6 Å². The van der Waals surface area contributed by atoms with E-state index in [0.717, 1.165) is 32.5 Å². The van der Waals surface area contributed by atoms with Crippen molar-refractivity contribution >= 4 is 49.1 Å². The van der Waals surface area contributed by atoms with Gasteiger partial charge >= 0.3 is 0 Å². The molecule has 0 heterocycles. The van der Waals surface area contributed by atoms with Crippen LogP contribution in [0, 0.1) is 0 Å². The van der Waals surface area contributed by atoms with E-state index in [2.05, 4.69) is 61.4 Å². The minimum atomic E-state index is 0.532. The lowest BCUT2D eigenvalue weighted by Crippen LogP contribution is -2.34. The van der Waals surface area contributed by atoms with Crippen LogP contribution >= 0.6 is 43.5 Å². The Kier molecular flexibility index (Phi) is 4.39. The van der Waals surface area contributed by atoms with Crippen LogP contribution in [0.5, 0.6) is 0 Å². The monoisotopic (exact) mass is 413 g/mol. The van der Waals surface area contributed by atoms with Crippen molar-refractivity contribution in [2.75, 3.05) is 5.32 Å². The fourth-order valence-electron chi connectivity index (χ4n) is 2.60. The van der Waals surface area contributed by atoms with Crippen molar-refractivity contribution in [3.05, 3.63) is 62.0 Å². The zero-order valence-electron chi connectivity index (χ0n) is 10.7. The Morgan fingerprint density at radius 2 is 1.85 bits per heavy atom. The zero-order chi connectivity index (χ0) is 14.1. The lowest BCUT2D eigenvalue weighted by molar-refractivity contribution is 0.374. The van der Waals surface area contributed by atoms with Crippen LogP contribution in [0.1, 0.15) is 24.3 Å². The average molecular weight is 416 g/mol. The predicted octanol–water partition coefficient (Wildman–Crippen LogP) is 6.22. The van der Waals surface area contributed by atoms with Gasteiger partial charge in [0, 0.05) is 25.7 Å². The van der Waals surface area contributed by atoms with Crippen molar-refractivity contribution in [3.8, 4) is 0 Å². The van der Waals surface area contributed by atoms with Gasteiger partial charge in [0.2, 0.25) is 0 Å². The Morgan fingerprint density at radius 1 is 1.05 bits per heavy atom. The molecule has 4 heteroatoms. The highest BCUT2D eigenvalue weighted by Crippen LogP contribution is 2.40. The molecule has 0 spiro atoms. The predicted molar refractivity (Wildman–Crippen MR) is 92.7 cm³/mol. The fraction of sp³-hybridized carbons (Fsp3) is 0.250. The number of anilines is 1. The van der Waals surface area contributed by atoms with Gasteiger partial charge in [-0.15, -0.1) is 0 Å². The Morgan fingerprint density at radius 3 is 2.60 bits per heavy atom. The Labute approximate surface area is 141 Å². The van der Waals surface area contributed by atoms with E-state index < -0.39 is 0 Å². The van der Waals surface area contributed by atoms with E-state index in [0.29, 0.717) is 12.0 Å². The van der Waals surface area contributed by atoms with Crippen LogP contribution in [-0.4, -0.2) is 6.04 Å². The van der Waals surface area contributed by atoms with Gasteiger partial charge in [0.15, 0.2) is 0 Å². The minimum Gasteiger partial charge on any atom is -0.381 e. The van der Waals surface area contributed by atoms with Gasteiger partial charge in [-0.1, -0.05) is 39.7 Å². The molecular weight excluding hydrogens is 401 g/mol. The molecule has 0 atom stereocenters. The topological polar surface area (TPSA) is 12.0 Å². The molecule has 104 valence electrons. The summed E-state index contributed by atoms with van der Waals surface area (Å²) in [6.45, 7) is 0. The van der Waals surface area contributed by atoms with E-state index in [1.54, 1.807) is 0 Å². The molecule has 3 rings (SSSR count). The lowest BCUT2D eigenvalue weighted by Gasteiger charge is -2.37. The second kappa shape index (κ2) is 6.08. The van der Waals surface area contributed by atoms with Crippen molar-refractivity contribution in [2.45, 2.75) is 24.8 Å². The first-order valence-electron chi connectivity index (χ1n) is 6.59. The molecule has 0 aromatic heterocycles. The number of hydrogen-bond acceptors (Lipinski definition) is 1. The quantitative estimate of drug-likeness (QED) is 0.627. The van der Waals surface area contributed by atoms with Crippen LogP contribution in [0.2, 0.25) is 5.02 Å². The smallest absolute Gasteiger partial charge is 0.0498 e. The van der Waals surface area contributed by atoms with Crippen LogP contribution in [-0.2, 0) is 0 Å². The molecule has 1 nitrogen and oxygen atoms in total. The minimum absolute atomic E-state index is 0.532. The highest BCUT2D eigenvalue weighted by atomic mass is 79.9. The van der Waals surface area contributed by atoms with Crippen LogP contribution in [0.3, 0.4) is 0 Å². The molecule has 1 fully saturated rings. The molecule has 2 aromatic rings. The van der Waals surface area contributed by atoms with E-state index in [1.807, 2.05) is 18.2 Å². The molecule has 1 aliphatic rings. The van der Waals surface area contributed by atoms with E-state index >= 15 is 0 Å². The fourth-order valence-corrected chi connectivity index (χ4v) is 3.52. The Bertz CT molecular complexity index is 624. The lowest BCUT2D eigenvalue weighted by atomic mass is 9.76. The third-order valence-electron chi connectivity index (χ3n) is 3.75. The first-order chi connectivity index (χ1) is 9.61. The molecule has 1 saturated carbocycles. The second-order valence-electron chi connectivity index (χ2n) is 5.19. The van der Waals surface area contributed by atoms with Crippen LogP contribution in [0.15, 0.2) is 51.4 Å². The maximum atomic E-state index is 6.05. The van der Waals surface area contributed by atoms with Gasteiger partial charge in [0.1, 0.15) is 0 Å². The molecule has 20 heavy (non-hydrogen) atoms. The maximum absolute atomic E-state index is 6.05. The first-order valence-corrected chi connectivity index (χ1v) is 8.55. The van der Waals surface area contributed by atoms with Crippen molar-refractivity contribution in [1.82, 2.24) is 0 Å². The summed E-state index contributed by atoms with van der Waals surface area (Å²) in [5.41, 5.74) is 2.50. The summed E-state index contributed by atoms with van der Waals surface area (Å²) in [4.78, 5) is 0. The third kappa shape index (κ3) is 3.21. The molecule has 0 unspecified atom stereocenters. The Hall–Kier alpha value is -0.510. The molecule has 0 bridgehead atoms. The van der Waals surface area contributed by atoms with Gasteiger partial charge in [-0.2, -0.15) is 0 Å². The molecule has 0 saturated heterocycles. The highest BCUT2D eigenvalue weighted by Gasteiger charge is 2.30. The summed E-state index contributed by atoms with van der Waals surface area (Å²) < 4.78 is 2.20. The maximum Gasteiger partial charge on any atom is 0.0498 e. The van der Waals surface area contributed by atoms with Crippen LogP contribution in [0.25, 0.3) is 0 Å². The largest absolute Gasteiger partial charge is 0.381 e. The van der Waals surface area contributed by atoms with E-state index in [4.69, 9.17) is 11.6 Å². The molecule has 0 radical (unpaired) electrons. The number of rotatable bonds is 3. The van der Waals surface area contributed by atoms with E-state index in [1.165, 1.54) is 5.56 Å². The van der Waals surface area contributed by atoms with Crippen molar-refractivity contribution in [3.63, 3.8) is 0 Å². The number of hydrogen-bond donors (Lipinski definition) is 1. The third-order valence-corrected chi connectivity index (χ3v) is 5.17. The second-order valence-corrected chi connectivity index (χ2v) is 7.40. The summed E-state index contributed by atoms with van der Waals surface area (Å²) >= 11 is 13.1. The molecule has 2 aromatic carbocycles. The highest BCUT2D eigenvalue weighted by molar-refractivity contribution is 9.11. The van der Waals surface area contributed by atoms with Crippen molar-refractivity contribution in [1.29, 1.82) is 0 Å². The van der Waals surface area contributed by atoms with Gasteiger partial charge < -0.3 is 5.32 Å². The first kappa shape index (κ1) is 14.4. The van der Waals surface area contributed by atoms with Crippen LogP contribution in [0.4, 0.5) is 5.69 Å². The zero-order valence-corrected chi connectivity index (χ0v) is 14.7. The molecule has 1 aliphatic carbocycles. The van der Waals surface area contributed by atoms with Crippen LogP contribution < -0.4 is 5.32 Å². The molecule has 1 N–H and O–H groups in total. The summed E-state index contributed by atoms with van der Waals surface area (Å²) in [5.74, 6) is 0.622. The van der Waals surface area contributed by atoms with E-state index in [-0.39, 0.29) is 0 Å². The average Bonchev–Trinajstić information content (AvgIpc) is 2.37. The Balaban J connectivity index is 1.62. The number of halogens is 3. The molecular formula is C16H14Br2ClN. The van der Waals surface area contributed by atoms with Gasteiger partial charge in [0.25, 0.3) is 0 Å². The SMILES string of the molecule is Clc1cccc(C2CC(Nc3cc(Br)ccc3Br)C2)c1. The van der Waals surface area contributed by atoms with Gasteiger partial charge in [-0.3, -0.25) is 0 Å². The summed E-state index contributed by atoms with van der Waals surface area (Å²) in [6, 6.07) is 14.9. The van der Waals surface area contributed by atoms with Crippen molar-refractivity contribution in [2.24, 2.45) is 0 Å². The summed E-state index contributed by atoms with van der Waals surface area (Å²) in [6.07, 6.45) is 2.30.